The molecule has 0 saturated heterocycles. The smallest absolute Gasteiger partial charge is 0.299 e. The highest BCUT2D eigenvalue weighted by atomic mass is 16.6. The molecule has 0 spiro atoms. The molecule has 0 atom stereocenters. The van der Waals surface area contributed by atoms with Crippen LogP contribution in [0, 0.1) is 10.1 Å². The minimum Gasteiger partial charge on any atom is -0.496 e. The Morgan fingerprint density at radius 1 is 1.33 bits per heavy atom. The Kier molecular flexibility index (Phi) is 4.57. The molecule has 0 radical (unpaired) electrons. The number of methoxy groups -OCH3 is 1. The fraction of sp³-hybridized carbons (Fsp3) is 0.400. The van der Waals surface area contributed by atoms with Crippen LogP contribution in [-0.2, 0) is 6.42 Å². The average molecular weight is 289 g/mol. The Morgan fingerprint density at radius 2 is 2.10 bits per heavy atom. The van der Waals surface area contributed by atoms with Gasteiger partial charge in [-0.1, -0.05) is 13.8 Å². The summed E-state index contributed by atoms with van der Waals surface area (Å²) in [5.74, 6) is 1.19. The van der Waals surface area contributed by atoms with Gasteiger partial charge in [-0.05, 0) is 30.5 Å². The molecule has 0 aliphatic rings. The van der Waals surface area contributed by atoms with E-state index < -0.39 is 4.92 Å². The van der Waals surface area contributed by atoms with E-state index in [0.717, 1.165) is 36.2 Å². The lowest BCUT2D eigenvalue weighted by Crippen LogP contribution is -2.06. The second kappa shape index (κ2) is 6.39. The minimum atomic E-state index is -0.424. The number of nitro benzene ring substituents is 1. The Bertz CT molecular complexity index is 671. The van der Waals surface area contributed by atoms with Crippen LogP contribution < -0.4 is 10.1 Å². The third-order valence-corrected chi connectivity index (χ3v) is 3.31. The van der Waals surface area contributed by atoms with Crippen LogP contribution in [0.2, 0.25) is 0 Å². The molecule has 0 aliphatic heterocycles. The highest BCUT2D eigenvalue weighted by molar-refractivity contribution is 5.90. The van der Waals surface area contributed by atoms with Gasteiger partial charge in [0.25, 0.3) is 5.69 Å². The number of pyridine rings is 1. The van der Waals surface area contributed by atoms with Crippen molar-refractivity contribution in [3.8, 4) is 5.75 Å². The third-order valence-electron chi connectivity index (χ3n) is 3.31. The number of aryl methyl sites for hydroxylation is 1. The molecule has 21 heavy (non-hydrogen) atoms. The molecule has 112 valence electrons. The summed E-state index contributed by atoms with van der Waals surface area (Å²) in [6.45, 7) is 4.89. The second-order valence-electron chi connectivity index (χ2n) is 4.75. The van der Waals surface area contributed by atoms with Crippen molar-refractivity contribution in [2.75, 3.05) is 19.0 Å². The largest absolute Gasteiger partial charge is 0.496 e. The molecule has 2 rings (SSSR count). The maximum atomic E-state index is 11.3. The van der Waals surface area contributed by atoms with E-state index in [1.807, 2.05) is 13.0 Å². The summed E-state index contributed by atoms with van der Waals surface area (Å²) < 4.78 is 5.13. The van der Waals surface area contributed by atoms with E-state index in [1.54, 1.807) is 6.07 Å². The summed E-state index contributed by atoms with van der Waals surface area (Å²) in [6.07, 6.45) is 1.77. The predicted molar refractivity (Wildman–Crippen MR) is 83.1 cm³/mol. The van der Waals surface area contributed by atoms with E-state index >= 15 is 0 Å². The number of hydrogen-bond donors (Lipinski definition) is 1. The highest BCUT2D eigenvalue weighted by Crippen LogP contribution is 2.32. The van der Waals surface area contributed by atoms with E-state index in [4.69, 9.17) is 4.74 Å². The van der Waals surface area contributed by atoms with Crippen molar-refractivity contribution in [3.05, 3.63) is 33.9 Å². The van der Waals surface area contributed by atoms with Gasteiger partial charge in [-0.2, -0.15) is 0 Å². The first-order valence-corrected chi connectivity index (χ1v) is 7.00. The van der Waals surface area contributed by atoms with Gasteiger partial charge in [0.05, 0.1) is 18.1 Å². The quantitative estimate of drug-likeness (QED) is 0.650. The number of non-ortho nitro benzene ring substituents is 1. The van der Waals surface area contributed by atoms with Crippen LogP contribution in [0.25, 0.3) is 10.9 Å². The molecule has 1 heterocycles. The van der Waals surface area contributed by atoms with E-state index in [2.05, 4.69) is 17.2 Å². The van der Waals surface area contributed by atoms with Crippen LogP contribution in [0.1, 0.15) is 25.8 Å². The topological polar surface area (TPSA) is 77.3 Å². The minimum absolute atomic E-state index is 0.0356. The Balaban J connectivity index is 2.68. The van der Waals surface area contributed by atoms with Crippen LogP contribution in [-0.4, -0.2) is 23.6 Å². The third kappa shape index (κ3) is 3.04. The first kappa shape index (κ1) is 15.0. The molecule has 1 aromatic heterocycles. The van der Waals surface area contributed by atoms with E-state index in [1.165, 1.54) is 13.2 Å². The van der Waals surface area contributed by atoms with Gasteiger partial charge in [0.15, 0.2) is 5.52 Å². The summed E-state index contributed by atoms with van der Waals surface area (Å²) in [6, 6.07) is 5.12. The maximum Gasteiger partial charge on any atom is 0.299 e. The number of nitrogens with one attached hydrogen (secondary N) is 1. The summed E-state index contributed by atoms with van der Waals surface area (Å²) >= 11 is 0. The van der Waals surface area contributed by atoms with Gasteiger partial charge in [0, 0.05) is 11.9 Å². The molecular formula is C15H19N3O3. The van der Waals surface area contributed by atoms with Crippen LogP contribution in [0.4, 0.5) is 11.5 Å². The number of anilines is 1. The van der Waals surface area contributed by atoms with Gasteiger partial charge in [0.1, 0.15) is 11.6 Å². The Morgan fingerprint density at radius 3 is 2.67 bits per heavy atom. The number of nitro groups is 1. The average Bonchev–Trinajstić information content (AvgIpc) is 2.50. The molecule has 0 amide bonds. The summed E-state index contributed by atoms with van der Waals surface area (Å²) in [5.41, 5.74) is 1.39. The number of aromatic nitrogens is 1. The first-order valence-electron chi connectivity index (χ1n) is 7.00. The van der Waals surface area contributed by atoms with Gasteiger partial charge in [0.2, 0.25) is 0 Å². The summed E-state index contributed by atoms with van der Waals surface area (Å²) in [5, 5.41) is 15.2. The van der Waals surface area contributed by atoms with E-state index in [0.29, 0.717) is 11.3 Å². The number of hydrogen-bond acceptors (Lipinski definition) is 5. The van der Waals surface area contributed by atoms with Crippen molar-refractivity contribution in [2.24, 2.45) is 0 Å². The fourth-order valence-corrected chi connectivity index (χ4v) is 2.21. The molecule has 1 aromatic carbocycles. The summed E-state index contributed by atoms with van der Waals surface area (Å²) in [4.78, 5) is 15.3. The van der Waals surface area contributed by atoms with Crippen LogP contribution in [0.15, 0.2) is 18.2 Å². The summed E-state index contributed by atoms with van der Waals surface area (Å²) in [7, 11) is 1.50. The van der Waals surface area contributed by atoms with Crippen molar-refractivity contribution >= 4 is 22.4 Å². The zero-order chi connectivity index (χ0) is 15.4. The van der Waals surface area contributed by atoms with Crippen molar-refractivity contribution in [2.45, 2.75) is 26.7 Å². The van der Waals surface area contributed by atoms with Crippen molar-refractivity contribution in [1.29, 1.82) is 0 Å². The molecule has 1 N–H and O–H groups in total. The highest BCUT2D eigenvalue weighted by Gasteiger charge is 2.18. The molecule has 6 nitrogen and oxygen atoms in total. The van der Waals surface area contributed by atoms with Crippen molar-refractivity contribution in [3.63, 3.8) is 0 Å². The number of benzene rings is 1. The van der Waals surface area contributed by atoms with Gasteiger partial charge < -0.3 is 10.1 Å². The zero-order valence-electron chi connectivity index (χ0n) is 12.5. The zero-order valence-corrected chi connectivity index (χ0v) is 12.5. The molecule has 0 saturated carbocycles. The second-order valence-corrected chi connectivity index (χ2v) is 4.75. The molecule has 2 aromatic rings. The Labute approximate surface area is 123 Å². The first-order chi connectivity index (χ1) is 10.1. The molecule has 0 unspecified atom stereocenters. The standard InChI is InChI=1S/C15H19N3O3/c1-4-6-16-15-10(5-2)7-11-8-12(21-3)9-13(18(19)20)14(11)17-15/h7-9H,4-6H2,1-3H3,(H,16,17). The van der Waals surface area contributed by atoms with Gasteiger partial charge >= 0.3 is 0 Å². The van der Waals surface area contributed by atoms with Crippen LogP contribution in [0.3, 0.4) is 0 Å². The van der Waals surface area contributed by atoms with Crippen LogP contribution in [0.5, 0.6) is 5.75 Å². The predicted octanol–water partition coefficient (Wildman–Crippen LogP) is 3.54. The Hall–Kier alpha value is -2.37. The number of rotatable bonds is 6. The van der Waals surface area contributed by atoms with E-state index in [9.17, 15) is 10.1 Å². The van der Waals surface area contributed by atoms with Crippen LogP contribution >= 0.6 is 0 Å². The SMILES string of the molecule is CCCNc1nc2c([N+](=O)[O-])cc(OC)cc2cc1CC. The lowest BCUT2D eigenvalue weighted by atomic mass is 10.1. The molecule has 0 bridgehead atoms. The molecule has 0 fully saturated rings. The lowest BCUT2D eigenvalue weighted by molar-refractivity contribution is -0.383. The van der Waals surface area contributed by atoms with Crippen molar-refractivity contribution < 1.29 is 9.66 Å². The normalized spacial score (nSPS) is 10.6. The monoisotopic (exact) mass is 289 g/mol. The molecule has 6 heteroatoms. The lowest BCUT2D eigenvalue weighted by Gasteiger charge is -2.11. The van der Waals surface area contributed by atoms with Gasteiger partial charge in [-0.3, -0.25) is 10.1 Å². The van der Waals surface area contributed by atoms with Gasteiger partial charge in [-0.15, -0.1) is 0 Å². The molecular weight excluding hydrogens is 270 g/mol. The van der Waals surface area contributed by atoms with Gasteiger partial charge in [-0.25, -0.2) is 4.98 Å². The number of fused-ring (bicyclic) bond motifs is 1. The van der Waals surface area contributed by atoms with Crippen molar-refractivity contribution in [1.82, 2.24) is 4.98 Å². The number of ether oxygens (including phenoxy) is 1. The number of nitrogens with zero attached hydrogens (tertiary/aromatic N) is 2. The fourth-order valence-electron chi connectivity index (χ4n) is 2.21. The maximum absolute atomic E-state index is 11.3. The van der Waals surface area contributed by atoms with E-state index in [-0.39, 0.29) is 5.69 Å². The molecule has 0 aliphatic carbocycles.